The molecule has 0 bridgehead atoms. The SMILES string of the molecule is CCCCc1cc(=O)oc2cc(O[C@@H](C)C(=O)N[C@H](CCCC)C(=O)O)ccc12. The zero-order valence-corrected chi connectivity index (χ0v) is 17.2. The van der Waals surface area contributed by atoms with Crippen LogP contribution < -0.4 is 15.7 Å². The monoisotopic (exact) mass is 403 g/mol. The van der Waals surface area contributed by atoms with Gasteiger partial charge in [0.05, 0.1) is 0 Å². The number of nitrogens with one attached hydrogen (secondary N) is 1. The van der Waals surface area contributed by atoms with Gasteiger partial charge in [0.25, 0.3) is 5.91 Å². The third-order valence-corrected chi connectivity index (χ3v) is 4.74. The summed E-state index contributed by atoms with van der Waals surface area (Å²) in [4.78, 5) is 35.5. The maximum Gasteiger partial charge on any atom is 0.336 e. The molecule has 0 aliphatic rings. The van der Waals surface area contributed by atoms with Crippen LogP contribution in [0.15, 0.2) is 33.5 Å². The lowest BCUT2D eigenvalue weighted by atomic mass is 10.0. The number of hydrogen-bond acceptors (Lipinski definition) is 5. The number of carbonyl (C=O) groups is 2. The van der Waals surface area contributed by atoms with Crippen LogP contribution in [0.5, 0.6) is 5.75 Å². The Kier molecular flexibility index (Phi) is 8.24. The summed E-state index contributed by atoms with van der Waals surface area (Å²) in [5.74, 6) is -1.20. The van der Waals surface area contributed by atoms with Crippen molar-refractivity contribution in [3.8, 4) is 5.75 Å². The van der Waals surface area contributed by atoms with E-state index in [1.165, 1.54) is 6.07 Å². The largest absolute Gasteiger partial charge is 0.481 e. The summed E-state index contributed by atoms with van der Waals surface area (Å²) in [6, 6.07) is 5.68. The first-order valence-electron chi connectivity index (χ1n) is 10.1. The molecule has 7 nitrogen and oxygen atoms in total. The molecule has 0 saturated heterocycles. The van der Waals surface area contributed by atoms with Gasteiger partial charge in [-0.05, 0) is 43.9 Å². The van der Waals surface area contributed by atoms with Crippen molar-refractivity contribution in [2.24, 2.45) is 0 Å². The Morgan fingerprint density at radius 1 is 1.17 bits per heavy atom. The molecular formula is C22H29NO6. The number of aryl methyl sites for hydroxylation is 1. The van der Waals surface area contributed by atoms with Crippen molar-refractivity contribution >= 4 is 22.8 Å². The van der Waals surface area contributed by atoms with Crippen LogP contribution in [0.25, 0.3) is 11.0 Å². The van der Waals surface area contributed by atoms with Crippen LogP contribution >= 0.6 is 0 Å². The Balaban J connectivity index is 2.13. The van der Waals surface area contributed by atoms with Gasteiger partial charge in [-0.1, -0.05) is 33.1 Å². The van der Waals surface area contributed by atoms with Crippen LogP contribution in [0.1, 0.15) is 58.4 Å². The molecule has 1 heterocycles. The molecule has 1 amide bonds. The van der Waals surface area contributed by atoms with E-state index in [1.54, 1.807) is 19.1 Å². The van der Waals surface area contributed by atoms with E-state index in [0.29, 0.717) is 24.2 Å². The number of carboxylic acid groups (broad SMARTS) is 1. The van der Waals surface area contributed by atoms with Crippen molar-refractivity contribution in [3.63, 3.8) is 0 Å². The predicted octanol–water partition coefficient (Wildman–Crippen LogP) is 3.66. The van der Waals surface area contributed by atoms with Crippen molar-refractivity contribution in [2.45, 2.75) is 71.4 Å². The van der Waals surface area contributed by atoms with Crippen LogP contribution in [0, 0.1) is 0 Å². The highest BCUT2D eigenvalue weighted by Gasteiger charge is 2.23. The van der Waals surface area contributed by atoms with E-state index in [9.17, 15) is 19.5 Å². The minimum atomic E-state index is -1.06. The number of aliphatic carboxylic acids is 1. The lowest BCUT2D eigenvalue weighted by Gasteiger charge is -2.19. The summed E-state index contributed by atoms with van der Waals surface area (Å²) >= 11 is 0. The number of benzene rings is 1. The van der Waals surface area contributed by atoms with E-state index in [-0.39, 0.29) is 0 Å². The van der Waals surface area contributed by atoms with Crippen molar-refractivity contribution in [1.29, 1.82) is 0 Å². The maximum absolute atomic E-state index is 12.3. The molecule has 0 aliphatic carbocycles. The molecule has 2 N–H and O–H groups in total. The zero-order valence-electron chi connectivity index (χ0n) is 17.2. The lowest BCUT2D eigenvalue weighted by molar-refractivity contribution is -0.143. The number of carbonyl (C=O) groups excluding carboxylic acids is 1. The number of carboxylic acids is 1. The molecule has 29 heavy (non-hydrogen) atoms. The molecule has 1 aromatic heterocycles. The van der Waals surface area contributed by atoms with E-state index in [4.69, 9.17) is 9.15 Å². The number of ether oxygens (including phenoxy) is 1. The van der Waals surface area contributed by atoms with Crippen LogP contribution in [0.3, 0.4) is 0 Å². The van der Waals surface area contributed by atoms with Gasteiger partial charge in [-0.25, -0.2) is 9.59 Å². The van der Waals surface area contributed by atoms with Gasteiger partial charge < -0.3 is 19.6 Å². The second-order valence-corrected chi connectivity index (χ2v) is 7.15. The first kappa shape index (κ1) is 22.5. The number of amides is 1. The average Bonchev–Trinajstić information content (AvgIpc) is 2.68. The predicted molar refractivity (Wildman–Crippen MR) is 110 cm³/mol. The average molecular weight is 403 g/mol. The summed E-state index contributed by atoms with van der Waals surface area (Å²) in [6.07, 6.45) is 3.79. The van der Waals surface area contributed by atoms with E-state index >= 15 is 0 Å². The molecule has 0 saturated carbocycles. The lowest BCUT2D eigenvalue weighted by Crippen LogP contribution is -2.46. The van der Waals surface area contributed by atoms with Crippen molar-refractivity contribution < 1.29 is 23.8 Å². The molecule has 2 rings (SSSR count). The molecular weight excluding hydrogens is 374 g/mol. The van der Waals surface area contributed by atoms with Gasteiger partial charge in [0.1, 0.15) is 17.4 Å². The molecule has 7 heteroatoms. The molecule has 0 spiro atoms. The summed E-state index contributed by atoms with van der Waals surface area (Å²) in [5.41, 5.74) is 0.905. The van der Waals surface area contributed by atoms with Crippen LogP contribution in [-0.2, 0) is 16.0 Å². The topological polar surface area (TPSA) is 106 Å². The number of fused-ring (bicyclic) bond motifs is 1. The fourth-order valence-electron chi connectivity index (χ4n) is 3.07. The minimum absolute atomic E-state index is 0.367. The standard InChI is InChI=1S/C22H29NO6/c1-4-6-8-15-12-20(24)29-19-13-16(10-11-17(15)19)28-14(3)21(25)23-18(22(26)27)9-7-5-2/h10-14,18H,4-9H2,1-3H3,(H,23,25)(H,26,27)/t14-,18+/m0/s1. The molecule has 158 valence electrons. The third kappa shape index (κ3) is 6.34. The first-order chi connectivity index (χ1) is 13.8. The third-order valence-electron chi connectivity index (χ3n) is 4.74. The van der Waals surface area contributed by atoms with Gasteiger partial charge in [0.2, 0.25) is 0 Å². The highest BCUT2D eigenvalue weighted by atomic mass is 16.5. The molecule has 0 aliphatic heterocycles. The highest BCUT2D eigenvalue weighted by molar-refractivity contribution is 5.86. The zero-order chi connectivity index (χ0) is 21.4. The Labute approximate surface area is 170 Å². The molecule has 1 aromatic carbocycles. The van der Waals surface area contributed by atoms with Gasteiger partial charge >= 0.3 is 11.6 Å². The van der Waals surface area contributed by atoms with Gasteiger partial charge in [-0.15, -0.1) is 0 Å². The number of unbranched alkanes of at least 4 members (excludes halogenated alkanes) is 2. The van der Waals surface area contributed by atoms with Gasteiger partial charge in [0, 0.05) is 17.5 Å². The van der Waals surface area contributed by atoms with Crippen molar-refractivity contribution in [1.82, 2.24) is 5.32 Å². The molecule has 0 fully saturated rings. The normalized spacial score (nSPS) is 13.1. The number of hydrogen-bond donors (Lipinski definition) is 2. The summed E-state index contributed by atoms with van der Waals surface area (Å²) in [7, 11) is 0. The van der Waals surface area contributed by atoms with Crippen molar-refractivity contribution in [2.75, 3.05) is 0 Å². The Morgan fingerprint density at radius 2 is 1.90 bits per heavy atom. The summed E-state index contributed by atoms with van der Waals surface area (Å²) in [5, 5.41) is 12.6. The fraction of sp³-hybridized carbons (Fsp3) is 0.500. The van der Waals surface area contributed by atoms with E-state index in [0.717, 1.165) is 36.6 Å². The minimum Gasteiger partial charge on any atom is -0.481 e. The van der Waals surface area contributed by atoms with Crippen LogP contribution in [0.2, 0.25) is 0 Å². The summed E-state index contributed by atoms with van der Waals surface area (Å²) < 4.78 is 11.0. The van der Waals surface area contributed by atoms with Crippen molar-refractivity contribution in [3.05, 3.63) is 40.2 Å². The van der Waals surface area contributed by atoms with Gasteiger partial charge in [-0.2, -0.15) is 0 Å². The quantitative estimate of drug-likeness (QED) is 0.555. The second kappa shape index (κ2) is 10.6. The smallest absolute Gasteiger partial charge is 0.336 e. The van der Waals surface area contributed by atoms with Crippen LogP contribution in [-0.4, -0.2) is 29.1 Å². The molecule has 0 radical (unpaired) electrons. The van der Waals surface area contributed by atoms with Gasteiger partial charge in [0.15, 0.2) is 6.10 Å². The van der Waals surface area contributed by atoms with Crippen LogP contribution in [0.4, 0.5) is 0 Å². The fourth-order valence-corrected chi connectivity index (χ4v) is 3.07. The first-order valence-corrected chi connectivity index (χ1v) is 10.1. The Hall–Kier alpha value is -2.83. The number of rotatable bonds is 11. The molecule has 2 atom stereocenters. The second-order valence-electron chi connectivity index (χ2n) is 7.15. The molecule has 0 unspecified atom stereocenters. The Bertz CT molecular complexity index is 904. The molecule has 2 aromatic rings. The highest BCUT2D eigenvalue weighted by Crippen LogP contribution is 2.24. The van der Waals surface area contributed by atoms with Gasteiger partial charge in [-0.3, -0.25) is 4.79 Å². The summed E-state index contributed by atoms with van der Waals surface area (Å²) in [6.45, 7) is 5.59. The van der Waals surface area contributed by atoms with E-state index in [2.05, 4.69) is 12.2 Å². The maximum atomic E-state index is 12.3. The Morgan fingerprint density at radius 3 is 2.55 bits per heavy atom. The van der Waals surface area contributed by atoms with E-state index in [1.807, 2.05) is 13.0 Å². The van der Waals surface area contributed by atoms with E-state index < -0.39 is 29.6 Å².